The Hall–Kier alpha value is -2.37. The Bertz CT molecular complexity index is 1000. The first-order valence-corrected chi connectivity index (χ1v) is 9.57. The highest BCUT2D eigenvalue weighted by atomic mass is 35.5. The Kier molecular flexibility index (Phi) is 3.72. The number of hydrogen-bond acceptors (Lipinski definition) is 4. The van der Waals surface area contributed by atoms with E-state index in [0.29, 0.717) is 10.6 Å². The number of halogens is 2. The Morgan fingerprint density at radius 3 is 2.81 bits per heavy atom. The van der Waals surface area contributed by atoms with Crippen LogP contribution in [0.3, 0.4) is 0 Å². The predicted octanol–water partition coefficient (Wildman–Crippen LogP) is 5.78. The van der Waals surface area contributed by atoms with Crippen molar-refractivity contribution in [1.82, 2.24) is 5.01 Å². The predicted molar refractivity (Wildman–Crippen MR) is 101 cm³/mol. The summed E-state index contributed by atoms with van der Waals surface area (Å²) in [5.41, 5.74) is 2.46. The number of nitrogens with zero attached hydrogens (tertiary/aromatic N) is 2. The third-order valence-corrected chi connectivity index (χ3v) is 5.88. The topological polar surface area (TPSA) is 24.8 Å². The van der Waals surface area contributed by atoms with Crippen molar-refractivity contribution >= 4 is 28.6 Å². The molecule has 0 aliphatic carbocycles. The van der Waals surface area contributed by atoms with Crippen LogP contribution in [0.5, 0.6) is 5.75 Å². The largest absolute Gasteiger partial charge is 0.464 e. The summed E-state index contributed by atoms with van der Waals surface area (Å²) >= 11 is 7.86. The van der Waals surface area contributed by atoms with Gasteiger partial charge in [-0.15, -0.1) is 11.3 Å². The molecule has 130 valence electrons. The second-order valence-electron chi connectivity index (χ2n) is 6.30. The van der Waals surface area contributed by atoms with Gasteiger partial charge in [0.1, 0.15) is 11.6 Å². The van der Waals surface area contributed by atoms with E-state index >= 15 is 0 Å². The number of fused-ring (bicyclic) bond motifs is 3. The minimum absolute atomic E-state index is 0.0286. The van der Waals surface area contributed by atoms with Gasteiger partial charge < -0.3 is 4.74 Å². The molecule has 5 rings (SSSR count). The maximum Gasteiger partial charge on any atom is 0.216 e. The van der Waals surface area contributed by atoms with Gasteiger partial charge in [-0.3, -0.25) is 0 Å². The Morgan fingerprint density at radius 1 is 1.12 bits per heavy atom. The molecule has 3 nitrogen and oxygen atoms in total. The first kappa shape index (κ1) is 15.9. The summed E-state index contributed by atoms with van der Waals surface area (Å²) in [6.07, 6.45) is 0.134. The highest BCUT2D eigenvalue weighted by Crippen LogP contribution is 2.48. The summed E-state index contributed by atoms with van der Waals surface area (Å²) in [5.74, 6) is 0.431. The normalized spacial score (nSPS) is 21.0. The summed E-state index contributed by atoms with van der Waals surface area (Å²) in [6, 6.07) is 16.3. The fraction of sp³-hybridized carbons (Fsp3) is 0.150. The van der Waals surface area contributed by atoms with Gasteiger partial charge in [-0.05, 0) is 35.7 Å². The zero-order chi connectivity index (χ0) is 17.7. The first-order valence-electron chi connectivity index (χ1n) is 8.31. The molecule has 6 heteroatoms. The van der Waals surface area contributed by atoms with Crippen LogP contribution in [0.4, 0.5) is 4.39 Å². The molecule has 26 heavy (non-hydrogen) atoms. The van der Waals surface area contributed by atoms with Crippen molar-refractivity contribution in [2.45, 2.75) is 18.7 Å². The molecule has 0 spiro atoms. The van der Waals surface area contributed by atoms with Crippen LogP contribution >= 0.6 is 22.9 Å². The van der Waals surface area contributed by atoms with Crippen LogP contribution in [-0.4, -0.2) is 10.7 Å². The quantitative estimate of drug-likeness (QED) is 0.559. The molecule has 0 amide bonds. The molecular weight excluding hydrogens is 371 g/mol. The maximum atomic E-state index is 14.5. The minimum Gasteiger partial charge on any atom is -0.464 e. The lowest BCUT2D eigenvalue weighted by molar-refractivity contribution is -0.0211. The number of hydrazone groups is 1. The van der Waals surface area contributed by atoms with Crippen molar-refractivity contribution in [3.05, 3.63) is 86.8 Å². The molecule has 0 bridgehead atoms. The van der Waals surface area contributed by atoms with Gasteiger partial charge in [-0.25, -0.2) is 9.40 Å². The highest BCUT2D eigenvalue weighted by molar-refractivity contribution is 7.12. The van der Waals surface area contributed by atoms with Crippen LogP contribution in [0.15, 0.2) is 65.1 Å². The molecule has 0 unspecified atom stereocenters. The van der Waals surface area contributed by atoms with Crippen molar-refractivity contribution < 1.29 is 9.13 Å². The second-order valence-corrected chi connectivity index (χ2v) is 7.68. The van der Waals surface area contributed by atoms with Gasteiger partial charge >= 0.3 is 0 Å². The van der Waals surface area contributed by atoms with Crippen molar-refractivity contribution in [2.75, 3.05) is 0 Å². The van der Waals surface area contributed by atoms with Crippen molar-refractivity contribution in [3.8, 4) is 5.75 Å². The van der Waals surface area contributed by atoms with Crippen LogP contribution in [0, 0.1) is 5.82 Å². The monoisotopic (exact) mass is 384 g/mol. The molecule has 0 radical (unpaired) electrons. The van der Waals surface area contributed by atoms with Crippen LogP contribution in [-0.2, 0) is 0 Å². The fourth-order valence-corrected chi connectivity index (χ4v) is 4.43. The molecule has 3 aromatic rings. The zero-order valence-corrected chi connectivity index (χ0v) is 15.2. The molecule has 0 N–H and O–H groups in total. The Labute approximate surface area is 159 Å². The number of rotatable bonds is 2. The van der Waals surface area contributed by atoms with Crippen molar-refractivity contribution in [3.63, 3.8) is 0 Å². The van der Waals surface area contributed by atoms with Crippen LogP contribution in [0.25, 0.3) is 0 Å². The molecule has 0 saturated heterocycles. The van der Waals surface area contributed by atoms with Crippen molar-refractivity contribution in [1.29, 1.82) is 0 Å². The third-order valence-electron chi connectivity index (χ3n) is 4.73. The Balaban J connectivity index is 1.64. The minimum atomic E-state index is -0.604. The van der Waals surface area contributed by atoms with E-state index < -0.39 is 6.23 Å². The summed E-state index contributed by atoms with van der Waals surface area (Å²) in [7, 11) is 0. The zero-order valence-electron chi connectivity index (χ0n) is 13.6. The van der Waals surface area contributed by atoms with Crippen molar-refractivity contribution in [2.24, 2.45) is 5.10 Å². The summed E-state index contributed by atoms with van der Waals surface area (Å²) < 4.78 is 20.6. The van der Waals surface area contributed by atoms with E-state index in [1.165, 1.54) is 6.07 Å². The van der Waals surface area contributed by atoms with Gasteiger partial charge in [0.05, 0.1) is 22.2 Å². The number of thiophene rings is 1. The first-order chi connectivity index (χ1) is 12.7. The van der Waals surface area contributed by atoms with E-state index in [4.69, 9.17) is 21.4 Å². The third kappa shape index (κ3) is 2.50. The molecule has 2 aliphatic heterocycles. The van der Waals surface area contributed by atoms with Gasteiger partial charge in [0, 0.05) is 17.0 Å². The maximum absolute atomic E-state index is 14.5. The van der Waals surface area contributed by atoms with E-state index in [0.717, 1.165) is 28.3 Å². The van der Waals surface area contributed by atoms with Gasteiger partial charge in [-0.2, -0.15) is 5.10 Å². The van der Waals surface area contributed by atoms with E-state index in [1.807, 2.05) is 34.7 Å². The summed E-state index contributed by atoms with van der Waals surface area (Å²) in [4.78, 5) is 1.12. The molecule has 3 heterocycles. The smallest absolute Gasteiger partial charge is 0.216 e. The molecular formula is C20H14ClFN2OS. The van der Waals surface area contributed by atoms with Crippen LogP contribution < -0.4 is 4.74 Å². The Morgan fingerprint density at radius 2 is 2.00 bits per heavy atom. The fourth-order valence-electron chi connectivity index (χ4n) is 3.53. The summed E-state index contributed by atoms with van der Waals surface area (Å²) in [5, 5.41) is 9.36. The molecule has 2 aliphatic rings. The van der Waals surface area contributed by atoms with Crippen LogP contribution in [0.2, 0.25) is 5.02 Å². The summed E-state index contributed by atoms with van der Waals surface area (Å²) in [6.45, 7) is 0. The lowest BCUT2D eigenvalue weighted by Gasteiger charge is -2.38. The highest BCUT2D eigenvalue weighted by Gasteiger charge is 2.42. The van der Waals surface area contributed by atoms with E-state index in [2.05, 4.69) is 6.07 Å². The standard InChI is InChI=1S/C20H14ClFN2OS/c21-12-7-8-18-14(10-12)17-11-16(19-6-3-9-26-19)23-24(17)20(25-18)13-4-1-2-5-15(13)22/h1-10,17,20H,11H2/t17-,20-/m1/s1. The molecule has 1 aromatic heterocycles. The molecule has 2 atom stereocenters. The van der Waals surface area contributed by atoms with Gasteiger partial charge in [0.25, 0.3) is 0 Å². The lowest BCUT2D eigenvalue weighted by Crippen LogP contribution is -2.34. The number of ether oxygens (including phenoxy) is 1. The molecule has 2 aromatic carbocycles. The SMILES string of the molecule is Fc1ccccc1[C@H]1Oc2ccc(Cl)cc2[C@H]2CC(c3cccs3)=NN21. The molecule has 0 fully saturated rings. The number of benzene rings is 2. The van der Waals surface area contributed by atoms with E-state index in [-0.39, 0.29) is 11.9 Å². The van der Waals surface area contributed by atoms with E-state index in [1.54, 1.807) is 29.5 Å². The molecule has 0 saturated carbocycles. The van der Waals surface area contributed by atoms with Gasteiger partial charge in [-0.1, -0.05) is 35.9 Å². The lowest BCUT2D eigenvalue weighted by atomic mass is 9.97. The van der Waals surface area contributed by atoms with Gasteiger partial charge in [0.2, 0.25) is 6.23 Å². The van der Waals surface area contributed by atoms with Gasteiger partial charge in [0.15, 0.2) is 0 Å². The number of hydrogen-bond donors (Lipinski definition) is 0. The van der Waals surface area contributed by atoms with E-state index in [9.17, 15) is 4.39 Å². The van der Waals surface area contributed by atoms with Crippen LogP contribution in [0.1, 0.15) is 34.7 Å². The average Bonchev–Trinajstić information content (AvgIpc) is 3.31. The second kappa shape index (κ2) is 6.11. The average molecular weight is 385 g/mol.